The van der Waals surface area contributed by atoms with E-state index < -0.39 is 9.84 Å². The van der Waals surface area contributed by atoms with Gasteiger partial charge in [0, 0.05) is 22.7 Å². The topological polar surface area (TPSA) is 63.2 Å². The van der Waals surface area contributed by atoms with Gasteiger partial charge in [0.2, 0.25) is 0 Å². The van der Waals surface area contributed by atoms with Crippen molar-refractivity contribution in [3.8, 4) is 0 Å². The van der Waals surface area contributed by atoms with Crippen LogP contribution in [0.3, 0.4) is 0 Å². The van der Waals surface area contributed by atoms with Crippen molar-refractivity contribution in [3.05, 3.63) is 58.8 Å². The molecule has 0 amide bonds. The van der Waals surface area contributed by atoms with Crippen LogP contribution in [0.1, 0.15) is 24.4 Å². The third kappa shape index (κ3) is 3.21. The standard InChI is InChI=1S/C19H18BrN3O2S/c1-26(24,25)15-8-9-17-16(11-15)19(22-12-21-17)23-10-2-3-18(23)13-4-6-14(20)7-5-13/h4-9,11-12,18H,2-3,10H2,1H3. The van der Waals surface area contributed by atoms with Gasteiger partial charge in [-0.15, -0.1) is 0 Å². The van der Waals surface area contributed by atoms with E-state index in [1.165, 1.54) is 11.8 Å². The quantitative estimate of drug-likeness (QED) is 0.623. The summed E-state index contributed by atoms with van der Waals surface area (Å²) in [7, 11) is -3.28. The molecule has 0 bridgehead atoms. The molecular weight excluding hydrogens is 414 g/mol. The van der Waals surface area contributed by atoms with E-state index in [1.807, 2.05) is 12.1 Å². The Bertz CT molecular complexity index is 1070. The maximum atomic E-state index is 12.0. The van der Waals surface area contributed by atoms with E-state index in [9.17, 15) is 8.42 Å². The number of aromatic nitrogens is 2. The van der Waals surface area contributed by atoms with Crippen LogP contribution in [0.4, 0.5) is 5.82 Å². The molecule has 1 atom stereocenters. The summed E-state index contributed by atoms with van der Waals surface area (Å²) in [5, 5.41) is 0.777. The summed E-state index contributed by atoms with van der Waals surface area (Å²) in [6.45, 7) is 0.885. The number of anilines is 1. The molecule has 1 aromatic heterocycles. The molecule has 2 aromatic carbocycles. The van der Waals surface area contributed by atoms with Crippen molar-refractivity contribution in [2.24, 2.45) is 0 Å². The van der Waals surface area contributed by atoms with Crippen molar-refractivity contribution >= 4 is 42.5 Å². The van der Waals surface area contributed by atoms with Gasteiger partial charge in [0.05, 0.1) is 16.5 Å². The maximum absolute atomic E-state index is 12.0. The molecular formula is C19H18BrN3O2S. The predicted octanol–water partition coefficient (Wildman–Crippen LogP) is 4.14. The van der Waals surface area contributed by atoms with Gasteiger partial charge >= 0.3 is 0 Å². The second-order valence-corrected chi connectivity index (χ2v) is 9.48. The van der Waals surface area contributed by atoms with Gasteiger partial charge < -0.3 is 4.90 Å². The van der Waals surface area contributed by atoms with Crippen LogP contribution in [0.15, 0.2) is 58.2 Å². The van der Waals surface area contributed by atoms with Crippen molar-refractivity contribution in [2.45, 2.75) is 23.8 Å². The minimum absolute atomic E-state index is 0.225. The van der Waals surface area contributed by atoms with Crippen LogP contribution in [0.25, 0.3) is 10.9 Å². The highest BCUT2D eigenvalue weighted by molar-refractivity contribution is 9.10. The Morgan fingerprint density at radius 1 is 1.12 bits per heavy atom. The Kier molecular flexibility index (Phi) is 4.44. The molecule has 0 saturated carbocycles. The molecule has 7 heteroatoms. The highest BCUT2D eigenvalue weighted by Gasteiger charge is 2.28. The van der Waals surface area contributed by atoms with Crippen LogP contribution >= 0.6 is 15.9 Å². The van der Waals surface area contributed by atoms with Gasteiger partial charge in [-0.25, -0.2) is 18.4 Å². The van der Waals surface area contributed by atoms with Gasteiger partial charge in [0.15, 0.2) is 9.84 Å². The van der Waals surface area contributed by atoms with Crippen LogP contribution < -0.4 is 4.90 Å². The first-order valence-corrected chi connectivity index (χ1v) is 11.1. The number of hydrogen-bond donors (Lipinski definition) is 0. The largest absolute Gasteiger partial charge is 0.349 e. The number of nitrogens with zero attached hydrogens (tertiary/aromatic N) is 3. The predicted molar refractivity (Wildman–Crippen MR) is 106 cm³/mol. The van der Waals surface area contributed by atoms with Gasteiger partial charge in [0.1, 0.15) is 12.1 Å². The molecule has 0 N–H and O–H groups in total. The van der Waals surface area contributed by atoms with E-state index in [4.69, 9.17) is 0 Å². The van der Waals surface area contributed by atoms with Crippen molar-refractivity contribution in [1.29, 1.82) is 0 Å². The zero-order valence-corrected chi connectivity index (χ0v) is 16.7. The minimum atomic E-state index is -3.28. The Labute approximate surface area is 161 Å². The first-order valence-electron chi connectivity index (χ1n) is 8.40. The third-order valence-corrected chi connectivity index (χ3v) is 6.43. The van der Waals surface area contributed by atoms with Crippen molar-refractivity contribution < 1.29 is 8.42 Å². The molecule has 1 saturated heterocycles. The summed E-state index contributed by atoms with van der Waals surface area (Å²) in [4.78, 5) is 11.4. The molecule has 0 spiro atoms. The maximum Gasteiger partial charge on any atom is 0.175 e. The molecule has 4 rings (SSSR count). The Morgan fingerprint density at radius 2 is 1.88 bits per heavy atom. The van der Waals surface area contributed by atoms with E-state index in [-0.39, 0.29) is 6.04 Å². The lowest BCUT2D eigenvalue weighted by molar-refractivity contribution is 0.602. The van der Waals surface area contributed by atoms with E-state index in [0.29, 0.717) is 4.90 Å². The van der Waals surface area contributed by atoms with Gasteiger partial charge in [-0.2, -0.15) is 0 Å². The lowest BCUT2D eigenvalue weighted by atomic mass is 10.0. The van der Waals surface area contributed by atoms with Crippen molar-refractivity contribution in [3.63, 3.8) is 0 Å². The van der Waals surface area contributed by atoms with Gasteiger partial charge in [-0.3, -0.25) is 0 Å². The SMILES string of the molecule is CS(=O)(=O)c1ccc2ncnc(N3CCCC3c3ccc(Br)cc3)c2c1. The summed E-state index contributed by atoms with van der Waals surface area (Å²) in [6.07, 6.45) is 4.88. The summed E-state index contributed by atoms with van der Waals surface area (Å²) in [6, 6.07) is 13.6. The number of benzene rings is 2. The number of halogens is 1. The van der Waals surface area contributed by atoms with E-state index in [1.54, 1.807) is 24.5 Å². The minimum Gasteiger partial charge on any atom is -0.349 e. The van der Waals surface area contributed by atoms with Crippen molar-refractivity contribution in [1.82, 2.24) is 9.97 Å². The molecule has 1 fully saturated rings. The molecule has 134 valence electrons. The van der Waals surface area contributed by atoms with Gasteiger partial charge in [-0.1, -0.05) is 28.1 Å². The number of hydrogen-bond acceptors (Lipinski definition) is 5. The highest BCUT2D eigenvalue weighted by Crippen LogP contribution is 2.38. The number of fused-ring (bicyclic) bond motifs is 1. The van der Waals surface area contributed by atoms with Crippen LogP contribution in [0.5, 0.6) is 0 Å². The smallest absolute Gasteiger partial charge is 0.175 e. The molecule has 0 aliphatic carbocycles. The monoisotopic (exact) mass is 431 g/mol. The van der Waals surface area contributed by atoms with Gasteiger partial charge in [-0.05, 0) is 48.7 Å². The van der Waals surface area contributed by atoms with E-state index >= 15 is 0 Å². The van der Waals surface area contributed by atoms with Crippen LogP contribution in [0, 0.1) is 0 Å². The summed E-state index contributed by atoms with van der Waals surface area (Å²) in [5.74, 6) is 0.797. The van der Waals surface area contributed by atoms with Crippen molar-refractivity contribution in [2.75, 3.05) is 17.7 Å². The molecule has 1 aliphatic rings. The lowest BCUT2D eigenvalue weighted by Gasteiger charge is -2.27. The second kappa shape index (κ2) is 6.63. The second-order valence-electron chi connectivity index (χ2n) is 6.55. The Morgan fingerprint density at radius 3 is 2.62 bits per heavy atom. The number of rotatable bonds is 3. The summed E-state index contributed by atoms with van der Waals surface area (Å²) < 4.78 is 25.0. The normalized spacial score (nSPS) is 17.8. The van der Waals surface area contributed by atoms with Crippen LogP contribution in [-0.2, 0) is 9.84 Å². The fourth-order valence-corrected chi connectivity index (χ4v) is 4.44. The first-order chi connectivity index (χ1) is 12.4. The molecule has 2 heterocycles. The molecule has 1 aliphatic heterocycles. The fourth-order valence-electron chi connectivity index (χ4n) is 3.53. The molecule has 5 nitrogen and oxygen atoms in total. The number of sulfone groups is 1. The average Bonchev–Trinajstić information content (AvgIpc) is 3.10. The molecule has 3 aromatic rings. The van der Waals surface area contributed by atoms with Crippen LogP contribution in [-0.4, -0.2) is 31.2 Å². The average molecular weight is 432 g/mol. The molecule has 0 radical (unpaired) electrons. The van der Waals surface area contributed by atoms with Gasteiger partial charge in [0.25, 0.3) is 0 Å². The van der Waals surface area contributed by atoms with E-state index in [2.05, 4.69) is 42.9 Å². The molecule has 26 heavy (non-hydrogen) atoms. The molecule has 1 unspecified atom stereocenters. The summed E-state index contributed by atoms with van der Waals surface area (Å²) in [5.41, 5.74) is 1.99. The Hall–Kier alpha value is -1.99. The first kappa shape index (κ1) is 17.4. The van der Waals surface area contributed by atoms with E-state index in [0.717, 1.165) is 40.6 Å². The lowest BCUT2D eigenvalue weighted by Crippen LogP contribution is -2.24. The zero-order chi connectivity index (χ0) is 18.3. The third-order valence-electron chi connectivity index (χ3n) is 4.79. The zero-order valence-electron chi connectivity index (χ0n) is 14.3. The van der Waals surface area contributed by atoms with Crippen LogP contribution in [0.2, 0.25) is 0 Å². The Balaban J connectivity index is 1.83. The highest BCUT2D eigenvalue weighted by atomic mass is 79.9. The summed E-state index contributed by atoms with van der Waals surface area (Å²) >= 11 is 3.48. The fraction of sp³-hybridized carbons (Fsp3) is 0.263.